The lowest BCUT2D eigenvalue weighted by molar-refractivity contribution is -0.128. The predicted molar refractivity (Wildman–Crippen MR) is 112 cm³/mol. The number of furan rings is 1. The summed E-state index contributed by atoms with van der Waals surface area (Å²) in [7, 11) is 0. The summed E-state index contributed by atoms with van der Waals surface area (Å²) in [5.74, 6) is 0.655. The number of nitrogens with one attached hydrogen (secondary N) is 2. The van der Waals surface area contributed by atoms with Gasteiger partial charge in [-0.15, -0.1) is 0 Å². The van der Waals surface area contributed by atoms with Crippen molar-refractivity contribution in [3.8, 4) is 0 Å². The van der Waals surface area contributed by atoms with Crippen molar-refractivity contribution < 1.29 is 14.0 Å². The van der Waals surface area contributed by atoms with Gasteiger partial charge >= 0.3 is 0 Å². The lowest BCUT2D eigenvalue weighted by Crippen LogP contribution is -2.27. The first-order chi connectivity index (χ1) is 14.5. The molecule has 2 N–H and O–H groups in total. The van der Waals surface area contributed by atoms with E-state index in [1.807, 2.05) is 38.1 Å². The second kappa shape index (κ2) is 8.36. The van der Waals surface area contributed by atoms with E-state index in [1.54, 1.807) is 29.4 Å². The minimum absolute atomic E-state index is 0.0421. The van der Waals surface area contributed by atoms with Crippen molar-refractivity contribution in [2.45, 2.75) is 26.8 Å². The van der Waals surface area contributed by atoms with E-state index < -0.39 is 0 Å². The van der Waals surface area contributed by atoms with E-state index in [0.29, 0.717) is 30.5 Å². The smallest absolute Gasteiger partial charge is 0.229 e. The topological polar surface area (TPSA) is 100 Å². The Balaban J connectivity index is 1.34. The molecule has 154 valence electrons. The molecule has 0 radical (unpaired) electrons. The predicted octanol–water partition coefficient (Wildman–Crippen LogP) is 3.42. The molecule has 0 saturated carbocycles. The van der Waals surface area contributed by atoms with Crippen molar-refractivity contribution in [3.63, 3.8) is 0 Å². The van der Waals surface area contributed by atoms with Crippen molar-refractivity contribution in [1.29, 1.82) is 0 Å². The summed E-state index contributed by atoms with van der Waals surface area (Å²) in [6.07, 6.45) is 1.78. The normalized spacial score (nSPS) is 16.0. The van der Waals surface area contributed by atoms with E-state index in [9.17, 15) is 9.59 Å². The highest BCUT2D eigenvalue weighted by Gasteiger charge is 2.34. The molecule has 2 amide bonds. The summed E-state index contributed by atoms with van der Waals surface area (Å²) in [5, 5.41) is 6.05. The van der Waals surface area contributed by atoms with Crippen LogP contribution in [0.2, 0.25) is 0 Å². The van der Waals surface area contributed by atoms with Crippen LogP contribution in [0, 0.1) is 19.8 Å². The van der Waals surface area contributed by atoms with E-state index in [1.165, 1.54) is 0 Å². The van der Waals surface area contributed by atoms with Gasteiger partial charge in [-0.05, 0) is 56.3 Å². The van der Waals surface area contributed by atoms with Gasteiger partial charge in [-0.2, -0.15) is 0 Å². The van der Waals surface area contributed by atoms with Crippen molar-refractivity contribution in [3.05, 3.63) is 65.9 Å². The molecule has 0 aliphatic carbocycles. The van der Waals surface area contributed by atoms with Crippen LogP contribution in [0.1, 0.15) is 23.6 Å². The zero-order valence-electron chi connectivity index (χ0n) is 16.9. The minimum atomic E-state index is -0.381. The second-order valence-corrected chi connectivity index (χ2v) is 7.42. The highest BCUT2D eigenvalue weighted by atomic mass is 16.3. The maximum absolute atomic E-state index is 12.6. The fourth-order valence-electron chi connectivity index (χ4n) is 3.48. The largest absolute Gasteiger partial charge is 0.467 e. The molecule has 1 fully saturated rings. The van der Waals surface area contributed by atoms with E-state index in [-0.39, 0.29) is 24.2 Å². The van der Waals surface area contributed by atoms with Gasteiger partial charge in [0.1, 0.15) is 5.76 Å². The van der Waals surface area contributed by atoms with Crippen LogP contribution in [0.5, 0.6) is 0 Å². The Kier molecular flexibility index (Phi) is 5.47. The third-order valence-corrected chi connectivity index (χ3v) is 4.90. The first kappa shape index (κ1) is 19.6. The van der Waals surface area contributed by atoms with E-state index >= 15 is 0 Å². The Bertz CT molecular complexity index is 1030. The van der Waals surface area contributed by atoms with Crippen molar-refractivity contribution in [1.82, 2.24) is 14.9 Å². The number of nitrogens with zero attached hydrogens (tertiary/aromatic N) is 3. The summed E-state index contributed by atoms with van der Waals surface area (Å²) in [6, 6.07) is 12.8. The number of carbonyl (C=O) groups is 2. The number of rotatable bonds is 6. The van der Waals surface area contributed by atoms with Crippen molar-refractivity contribution in [2.24, 2.45) is 5.92 Å². The molecule has 1 unspecified atom stereocenters. The molecule has 8 nitrogen and oxygen atoms in total. The molecule has 1 aliphatic heterocycles. The number of hydrogen-bond donors (Lipinski definition) is 2. The lowest BCUT2D eigenvalue weighted by Gasteiger charge is -2.15. The molecule has 1 saturated heterocycles. The average Bonchev–Trinajstić information content (AvgIpc) is 3.33. The minimum Gasteiger partial charge on any atom is -0.467 e. The zero-order chi connectivity index (χ0) is 21.1. The maximum Gasteiger partial charge on any atom is 0.229 e. The lowest BCUT2D eigenvalue weighted by atomic mass is 10.1. The van der Waals surface area contributed by atoms with Crippen LogP contribution >= 0.6 is 0 Å². The summed E-state index contributed by atoms with van der Waals surface area (Å²) in [5.41, 5.74) is 3.27. The first-order valence-electron chi connectivity index (χ1n) is 9.76. The molecule has 1 aliphatic rings. The highest BCUT2D eigenvalue weighted by molar-refractivity contribution is 5.97. The molecule has 4 rings (SSSR count). The third-order valence-electron chi connectivity index (χ3n) is 4.90. The molecule has 3 aromatic rings. The van der Waals surface area contributed by atoms with Gasteiger partial charge in [0.25, 0.3) is 0 Å². The van der Waals surface area contributed by atoms with Crippen LogP contribution in [0.15, 0.2) is 53.1 Å². The number of hydrogen-bond acceptors (Lipinski definition) is 6. The first-order valence-corrected chi connectivity index (χ1v) is 9.76. The number of amides is 2. The monoisotopic (exact) mass is 405 g/mol. The SMILES string of the molecule is Cc1cc(C)nc(Nc2ccc(NC(=O)C3CC(=O)N(Cc4ccco4)C3)cc2)n1. The average molecular weight is 405 g/mol. The molecule has 0 spiro atoms. The summed E-state index contributed by atoms with van der Waals surface area (Å²) in [6.45, 7) is 4.61. The van der Waals surface area contributed by atoms with Crippen molar-refractivity contribution >= 4 is 29.1 Å². The Labute approximate surface area is 174 Å². The standard InChI is InChI=1S/C22H23N5O3/c1-14-10-15(2)24-22(23-14)26-18-7-5-17(6-8-18)25-21(29)16-11-20(28)27(12-16)13-19-4-3-9-30-19/h3-10,16H,11-13H2,1-2H3,(H,25,29)(H,23,24,26). The summed E-state index contributed by atoms with van der Waals surface area (Å²) < 4.78 is 5.29. The Morgan fingerprint density at radius 1 is 1.13 bits per heavy atom. The van der Waals surface area contributed by atoms with Gasteiger partial charge in [-0.1, -0.05) is 0 Å². The second-order valence-electron chi connectivity index (χ2n) is 7.42. The van der Waals surface area contributed by atoms with E-state index in [0.717, 1.165) is 17.1 Å². The summed E-state index contributed by atoms with van der Waals surface area (Å²) >= 11 is 0. The quantitative estimate of drug-likeness (QED) is 0.652. The van der Waals surface area contributed by atoms with Gasteiger partial charge in [-0.3, -0.25) is 9.59 Å². The van der Waals surface area contributed by atoms with Crippen LogP contribution in [0.4, 0.5) is 17.3 Å². The molecule has 2 aromatic heterocycles. The Morgan fingerprint density at radius 3 is 2.50 bits per heavy atom. The Hall–Kier alpha value is -3.68. The highest BCUT2D eigenvalue weighted by Crippen LogP contribution is 2.23. The molecule has 8 heteroatoms. The van der Waals surface area contributed by atoms with Crippen LogP contribution in [-0.2, 0) is 16.1 Å². The van der Waals surface area contributed by atoms with Gasteiger partial charge in [0.15, 0.2) is 0 Å². The van der Waals surface area contributed by atoms with E-state index in [2.05, 4.69) is 20.6 Å². The molecule has 0 bridgehead atoms. The van der Waals surface area contributed by atoms with E-state index in [4.69, 9.17) is 4.42 Å². The van der Waals surface area contributed by atoms with Gasteiger partial charge < -0.3 is 20.0 Å². The van der Waals surface area contributed by atoms with Crippen LogP contribution in [0.25, 0.3) is 0 Å². The van der Waals surface area contributed by atoms with Crippen LogP contribution in [0.3, 0.4) is 0 Å². The molecule has 30 heavy (non-hydrogen) atoms. The molecular formula is C22H23N5O3. The summed E-state index contributed by atoms with van der Waals surface area (Å²) in [4.78, 5) is 35.2. The molecule has 3 heterocycles. The Morgan fingerprint density at radius 2 is 1.83 bits per heavy atom. The van der Waals surface area contributed by atoms with Crippen LogP contribution < -0.4 is 10.6 Å². The van der Waals surface area contributed by atoms with Gasteiger partial charge in [0.05, 0.1) is 18.7 Å². The number of carbonyl (C=O) groups excluding carboxylic acids is 2. The number of benzene rings is 1. The van der Waals surface area contributed by atoms with Crippen LogP contribution in [-0.4, -0.2) is 33.2 Å². The fourth-order valence-corrected chi connectivity index (χ4v) is 3.48. The fraction of sp³-hybridized carbons (Fsp3) is 0.273. The maximum atomic E-state index is 12.6. The molecule has 1 atom stereocenters. The number of anilines is 3. The zero-order valence-corrected chi connectivity index (χ0v) is 16.9. The number of aryl methyl sites for hydroxylation is 2. The van der Waals surface area contributed by atoms with Gasteiger partial charge in [0.2, 0.25) is 17.8 Å². The molecule has 1 aromatic carbocycles. The van der Waals surface area contributed by atoms with Crippen molar-refractivity contribution in [2.75, 3.05) is 17.2 Å². The molecular weight excluding hydrogens is 382 g/mol. The number of likely N-dealkylation sites (tertiary alicyclic amines) is 1. The van der Waals surface area contributed by atoms with Gasteiger partial charge in [-0.25, -0.2) is 9.97 Å². The third kappa shape index (κ3) is 4.65. The van der Waals surface area contributed by atoms with Gasteiger partial charge in [0, 0.05) is 35.7 Å². The number of aromatic nitrogens is 2.